The number of aromatic nitrogens is 2. The Morgan fingerprint density at radius 2 is 1.43 bits per heavy atom. The van der Waals surface area contributed by atoms with Crippen LogP contribution in [0.1, 0.15) is 43.0 Å². The molecule has 0 amide bonds. The van der Waals surface area contributed by atoms with Gasteiger partial charge in [-0.1, -0.05) is 86.8 Å². The number of aryl methyl sites for hydroxylation is 1. The number of nitrogens with zero attached hydrogens (tertiary/aromatic N) is 4. The molecular formula is C38H32N4O2S2. The topological polar surface area (TPSA) is 90.1 Å². The Morgan fingerprint density at radius 3 is 2.04 bits per heavy atom. The van der Waals surface area contributed by atoms with E-state index in [0.717, 1.165) is 85.8 Å². The van der Waals surface area contributed by atoms with Crippen LogP contribution in [0.15, 0.2) is 109 Å². The van der Waals surface area contributed by atoms with Gasteiger partial charge in [-0.05, 0) is 72.5 Å². The number of unbranched alkanes of at least 4 members (excludes halogenated alkanes) is 3. The van der Waals surface area contributed by atoms with Gasteiger partial charge in [0, 0.05) is 37.9 Å². The van der Waals surface area contributed by atoms with E-state index in [2.05, 4.69) is 72.5 Å². The smallest absolute Gasteiger partial charge is 0.346 e. The van der Waals surface area contributed by atoms with Gasteiger partial charge in [0.25, 0.3) is 0 Å². The van der Waals surface area contributed by atoms with Crippen LogP contribution >= 0.6 is 23.1 Å². The third-order valence-corrected chi connectivity index (χ3v) is 9.58. The van der Waals surface area contributed by atoms with Crippen molar-refractivity contribution in [3.63, 3.8) is 0 Å². The van der Waals surface area contributed by atoms with Crippen LogP contribution in [0.5, 0.6) is 0 Å². The zero-order valence-electron chi connectivity index (χ0n) is 25.4. The first kappa shape index (κ1) is 30.9. The van der Waals surface area contributed by atoms with Crippen molar-refractivity contribution in [2.24, 2.45) is 0 Å². The third-order valence-electron chi connectivity index (χ3n) is 7.89. The molecule has 8 heteroatoms. The molecule has 0 bridgehead atoms. The van der Waals surface area contributed by atoms with Gasteiger partial charge in [-0.2, -0.15) is 14.0 Å². The molecule has 4 aromatic carbocycles. The number of anilines is 3. The van der Waals surface area contributed by atoms with Gasteiger partial charge in [0.05, 0.1) is 11.7 Å². The summed E-state index contributed by atoms with van der Waals surface area (Å²) >= 11 is 2.69. The van der Waals surface area contributed by atoms with Crippen molar-refractivity contribution in [2.45, 2.75) is 39.0 Å². The molecule has 0 spiro atoms. The maximum absolute atomic E-state index is 11.5. The molecule has 0 aliphatic heterocycles. The summed E-state index contributed by atoms with van der Waals surface area (Å²) in [5, 5.41) is 18.8. The number of hydrogen-bond donors (Lipinski definition) is 1. The highest BCUT2D eigenvalue weighted by molar-refractivity contribution is 7.16. The molecule has 0 saturated carbocycles. The molecule has 0 aliphatic carbocycles. The van der Waals surface area contributed by atoms with Gasteiger partial charge in [0.15, 0.2) is 0 Å². The number of hydrogen-bond acceptors (Lipinski definition) is 7. The van der Waals surface area contributed by atoms with Crippen molar-refractivity contribution < 1.29 is 9.90 Å². The van der Waals surface area contributed by atoms with Crippen molar-refractivity contribution in [3.8, 4) is 27.6 Å². The zero-order chi connectivity index (χ0) is 31.9. The molecule has 0 aliphatic rings. The second kappa shape index (κ2) is 14.3. The number of nitriles is 1. The van der Waals surface area contributed by atoms with Gasteiger partial charge >= 0.3 is 5.97 Å². The van der Waals surface area contributed by atoms with Crippen molar-refractivity contribution in [2.75, 3.05) is 4.90 Å². The molecule has 6 rings (SSSR count). The summed E-state index contributed by atoms with van der Waals surface area (Å²) in [7, 11) is 0. The fourth-order valence-electron chi connectivity index (χ4n) is 5.64. The highest BCUT2D eigenvalue weighted by Crippen LogP contribution is 2.42. The van der Waals surface area contributed by atoms with Crippen LogP contribution in [-0.2, 0) is 11.2 Å². The first-order valence-electron chi connectivity index (χ1n) is 15.3. The van der Waals surface area contributed by atoms with E-state index in [9.17, 15) is 15.2 Å². The second-order valence-corrected chi connectivity index (χ2v) is 12.6. The molecule has 0 fully saturated rings. The molecule has 228 valence electrons. The molecule has 6 aromatic rings. The molecule has 2 heterocycles. The first-order chi connectivity index (χ1) is 22.6. The van der Waals surface area contributed by atoms with Gasteiger partial charge in [0.1, 0.15) is 22.7 Å². The second-order valence-electron chi connectivity index (χ2n) is 11.0. The van der Waals surface area contributed by atoms with Crippen molar-refractivity contribution in [3.05, 3.63) is 119 Å². The van der Waals surface area contributed by atoms with Gasteiger partial charge in [0.2, 0.25) is 0 Å². The van der Waals surface area contributed by atoms with Gasteiger partial charge in [-0.3, -0.25) is 0 Å². The van der Waals surface area contributed by atoms with E-state index in [-0.39, 0.29) is 5.57 Å². The highest BCUT2D eigenvalue weighted by atomic mass is 32.1. The van der Waals surface area contributed by atoms with Crippen LogP contribution in [-0.4, -0.2) is 19.8 Å². The number of rotatable bonds is 12. The Balaban J connectivity index is 1.38. The maximum atomic E-state index is 11.5. The van der Waals surface area contributed by atoms with Crippen molar-refractivity contribution in [1.29, 1.82) is 5.26 Å². The van der Waals surface area contributed by atoms with E-state index >= 15 is 0 Å². The number of carboxylic acids is 1. The van der Waals surface area contributed by atoms with E-state index in [0.29, 0.717) is 0 Å². The van der Waals surface area contributed by atoms with Crippen LogP contribution in [0.2, 0.25) is 0 Å². The van der Waals surface area contributed by atoms with E-state index < -0.39 is 5.97 Å². The minimum Gasteiger partial charge on any atom is -0.477 e. The van der Waals surface area contributed by atoms with E-state index in [1.165, 1.54) is 35.6 Å². The molecule has 0 unspecified atom stereocenters. The first-order valence-corrected chi connectivity index (χ1v) is 16.9. The summed E-state index contributed by atoms with van der Waals surface area (Å²) in [6.45, 7) is 2.19. The molecule has 1 N–H and O–H groups in total. The Morgan fingerprint density at radius 1 is 0.826 bits per heavy atom. The van der Waals surface area contributed by atoms with E-state index in [4.69, 9.17) is 8.75 Å². The zero-order valence-corrected chi connectivity index (χ0v) is 27.0. The largest absolute Gasteiger partial charge is 0.477 e. The fraction of sp³-hybridized carbons (Fsp3) is 0.158. The predicted molar refractivity (Wildman–Crippen MR) is 190 cm³/mol. The van der Waals surface area contributed by atoms with E-state index in [1.54, 1.807) is 6.07 Å². The van der Waals surface area contributed by atoms with E-state index in [1.807, 2.05) is 42.5 Å². The number of carboxylic acid groups (broad SMARTS) is 1. The van der Waals surface area contributed by atoms with Crippen LogP contribution in [0.3, 0.4) is 0 Å². The number of fused-ring (bicyclic) bond motifs is 1. The van der Waals surface area contributed by atoms with Crippen molar-refractivity contribution >= 4 is 63.2 Å². The molecule has 0 atom stereocenters. The standard InChI is InChI=1S/C38H32N4O2S2/c1-2-3-4-7-12-27-23-32(24-28(25-39)38(43)44)45-37(27)34-22-21-33(35-36(34)41-46-40-35)26-17-19-31(20-18-26)42(29-13-8-5-9-14-29)30-15-10-6-11-16-30/h5-6,8-11,13-24H,2-4,7,12H2,1H3,(H,43,44)/b28-24-. The number of benzene rings is 4. The lowest BCUT2D eigenvalue weighted by Crippen LogP contribution is -2.09. The van der Waals surface area contributed by atoms with Crippen LogP contribution in [0, 0.1) is 11.3 Å². The minimum absolute atomic E-state index is 0.275. The van der Waals surface area contributed by atoms with Crippen LogP contribution in [0.4, 0.5) is 17.1 Å². The average Bonchev–Trinajstić information content (AvgIpc) is 3.74. The molecule has 0 saturated heterocycles. The highest BCUT2D eigenvalue weighted by Gasteiger charge is 2.19. The van der Waals surface area contributed by atoms with Crippen LogP contribution in [0.25, 0.3) is 38.7 Å². The lowest BCUT2D eigenvalue weighted by molar-refractivity contribution is -0.132. The normalized spacial score (nSPS) is 11.4. The summed E-state index contributed by atoms with van der Waals surface area (Å²) in [4.78, 5) is 15.6. The number of para-hydroxylation sites is 2. The maximum Gasteiger partial charge on any atom is 0.346 e. The Bertz CT molecular complexity index is 1990. The lowest BCUT2D eigenvalue weighted by atomic mass is 9.98. The third kappa shape index (κ3) is 6.62. The summed E-state index contributed by atoms with van der Waals surface area (Å²) in [6, 6.07) is 37.2. The van der Waals surface area contributed by atoms with Crippen molar-refractivity contribution in [1.82, 2.24) is 8.75 Å². The molecule has 2 aromatic heterocycles. The van der Waals surface area contributed by atoms with Crippen LogP contribution < -0.4 is 4.90 Å². The summed E-state index contributed by atoms with van der Waals surface area (Å²) in [5.41, 5.74) is 8.77. The fourth-order valence-corrected chi connectivity index (χ4v) is 7.39. The summed E-state index contributed by atoms with van der Waals surface area (Å²) in [6.07, 6.45) is 6.83. The Kier molecular flexibility index (Phi) is 9.63. The Hall–Kier alpha value is -5.10. The van der Waals surface area contributed by atoms with Gasteiger partial charge in [-0.25, -0.2) is 4.79 Å². The number of thiophene rings is 1. The number of aliphatic carboxylic acids is 1. The Labute approximate surface area is 276 Å². The molecule has 6 nitrogen and oxygen atoms in total. The monoisotopic (exact) mass is 640 g/mol. The SMILES string of the molecule is CCCCCCc1cc(/C=C(/C#N)C(=O)O)sc1-c1ccc(-c2ccc(N(c3ccccc3)c3ccccc3)cc2)c2nsnc12. The minimum atomic E-state index is -1.22. The molecule has 46 heavy (non-hydrogen) atoms. The molecular weight excluding hydrogens is 609 g/mol. The molecule has 0 radical (unpaired) electrons. The quantitative estimate of drug-likeness (QED) is 0.0813. The van der Waals surface area contributed by atoms with Gasteiger partial charge < -0.3 is 10.0 Å². The van der Waals surface area contributed by atoms with Gasteiger partial charge in [-0.15, -0.1) is 11.3 Å². The predicted octanol–water partition coefficient (Wildman–Crippen LogP) is 10.7. The number of carbonyl (C=O) groups is 1. The summed E-state index contributed by atoms with van der Waals surface area (Å²) in [5.74, 6) is -1.22. The average molecular weight is 641 g/mol. The summed E-state index contributed by atoms with van der Waals surface area (Å²) < 4.78 is 9.47. The lowest BCUT2D eigenvalue weighted by Gasteiger charge is -2.25.